The molecule has 3 rings (SSSR count). The van der Waals surface area contributed by atoms with Crippen molar-refractivity contribution in [1.29, 1.82) is 0 Å². The maximum absolute atomic E-state index is 11.7. The highest BCUT2D eigenvalue weighted by atomic mass is 127. The number of ether oxygens (including phenoxy) is 1. The van der Waals surface area contributed by atoms with E-state index in [1.807, 2.05) is 13.0 Å². The van der Waals surface area contributed by atoms with Crippen LogP contribution in [0, 0.1) is 0 Å². The van der Waals surface area contributed by atoms with Gasteiger partial charge in [0, 0.05) is 38.2 Å². The summed E-state index contributed by atoms with van der Waals surface area (Å²) >= 11 is 0. The molecule has 1 fully saturated rings. The zero-order chi connectivity index (χ0) is 21.6. The number of guanidine groups is 1. The van der Waals surface area contributed by atoms with Crippen molar-refractivity contribution in [2.24, 2.45) is 4.99 Å². The highest BCUT2D eigenvalue weighted by Crippen LogP contribution is 2.46. The number of benzene rings is 1. The Bertz CT molecular complexity index is 841. The molecule has 31 heavy (non-hydrogen) atoms. The van der Waals surface area contributed by atoms with Crippen molar-refractivity contribution in [2.75, 3.05) is 32.4 Å². The zero-order valence-corrected chi connectivity index (χ0v) is 22.0. The molecule has 1 aliphatic heterocycles. The molecule has 1 saturated carbocycles. The molecule has 9 heteroatoms. The lowest BCUT2D eigenvalue weighted by molar-refractivity contribution is 0.0396. The largest absolute Gasteiger partial charge is 0.487 e. The Labute approximate surface area is 204 Å². The van der Waals surface area contributed by atoms with Gasteiger partial charge >= 0.3 is 0 Å². The zero-order valence-electron chi connectivity index (χ0n) is 18.9. The normalized spacial score (nSPS) is 20.1. The van der Waals surface area contributed by atoms with Crippen LogP contribution in [0.15, 0.2) is 29.3 Å². The smallest absolute Gasteiger partial charge is 0.211 e. The van der Waals surface area contributed by atoms with Crippen molar-refractivity contribution in [3.63, 3.8) is 0 Å². The standard InChI is InChI=1S/C22H36N4O3S.HI/c1-4-23-21(24-15-10-16-26(5-2)30(3,27)28)25-19-17-22(13-8-9-14-22)29-20-12-7-6-11-18(19)20;/h6-7,11-12,19H,4-5,8-10,13-17H2,1-3H3,(H2,23,24,25);1H. The van der Waals surface area contributed by atoms with Crippen LogP contribution in [0.4, 0.5) is 0 Å². The van der Waals surface area contributed by atoms with Crippen LogP contribution < -0.4 is 15.4 Å². The molecule has 1 aliphatic carbocycles. The predicted octanol–water partition coefficient (Wildman–Crippen LogP) is 3.67. The fraction of sp³-hybridized carbons (Fsp3) is 0.682. The molecule has 1 aromatic rings. The number of fused-ring (bicyclic) bond motifs is 1. The van der Waals surface area contributed by atoms with Gasteiger partial charge in [0.15, 0.2) is 5.96 Å². The summed E-state index contributed by atoms with van der Waals surface area (Å²) in [5, 5.41) is 6.96. The highest BCUT2D eigenvalue weighted by molar-refractivity contribution is 14.0. The number of nitrogens with zero attached hydrogens (tertiary/aromatic N) is 2. The molecule has 0 aromatic heterocycles. The summed E-state index contributed by atoms with van der Waals surface area (Å²) in [4.78, 5) is 4.72. The third-order valence-corrected chi connectivity index (χ3v) is 7.40. The third-order valence-electron chi connectivity index (χ3n) is 6.02. The molecule has 0 saturated heterocycles. The van der Waals surface area contributed by atoms with Crippen LogP contribution in [0.1, 0.15) is 64.0 Å². The molecular weight excluding hydrogens is 527 g/mol. The van der Waals surface area contributed by atoms with Gasteiger partial charge in [-0.05, 0) is 45.1 Å². The summed E-state index contributed by atoms with van der Waals surface area (Å²) in [5.74, 6) is 1.75. The fourth-order valence-corrected chi connectivity index (χ4v) is 5.48. The summed E-state index contributed by atoms with van der Waals surface area (Å²) in [6, 6.07) is 8.43. The number of nitrogens with one attached hydrogen (secondary N) is 2. The van der Waals surface area contributed by atoms with Crippen molar-refractivity contribution in [2.45, 2.75) is 64.0 Å². The number of para-hydroxylation sites is 1. The van der Waals surface area contributed by atoms with Crippen molar-refractivity contribution < 1.29 is 13.2 Å². The quantitative estimate of drug-likeness (QED) is 0.218. The second-order valence-electron chi connectivity index (χ2n) is 8.30. The number of aliphatic imine (C=N–C) groups is 1. The van der Waals surface area contributed by atoms with Gasteiger partial charge in [0.1, 0.15) is 11.4 Å². The highest BCUT2D eigenvalue weighted by Gasteiger charge is 2.43. The van der Waals surface area contributed by atoms with Gasteiger partial charge < -0.3 is 15.4 Å². The first-order valence-electron chi connectivity index (χ1n) is 11.1. The molecule has 1 heterocycles. The lowest BCUT2D eigenvalue weighted by Gasteiger charge is -2.40. The summed E-state index contributed by atoms with van der Waals surface area (Å²) < 4.78 is 31.4. The Kier molecular flexibility index (Phi) is 9.88. The molecule has 2 N–H and O–H groups in total. The summed E-state index contributed by atoms with van der Waals surface area (Å²) in [7, 11) is -3.16. The minimum atomic E-state index is -3.16. The molecule has 1 spiro atoms. The Morgan fingerprint density at radius 3 is 2.61 bits per heavy atom. The van der Waals surface area contributed by atoms with E-state index in [1.165, 1.54) is 29.0 Å². The van der Waals surface area contributed by atoms with E-state index < -0.39 is 10.0 Å². The average molecular weight is 565 g/mol. The number of sulfonamides is 1. The van der Waals surface area contributed by atoms with Crippen molar-refractivity contribution >= 4 is 40.0 Å². The van der Waals surface area contributed by atoms with E-state index in [2.05, 4.69) is 35.8 Å². The second-order valence-corrected chi connectivity index (χ2v) is 10.3. The molecule has 7 nitrogen and oxygen atoms in total. The molecule has 0 radical (unpaired) electrons. The van der Waals surface area contributed by atoms with Crippen LogP contribution in [0.3, 0.4) is 0 Å². The summed E-state index contributed by atoms with van der Waals surface area (Å²) in [5.41, 5.74) is 1.11. The van der Waals surface area contributed by atoms with Crippen LogP contribution in [0.2, 0.25) is 0 Å². The molecule has 0 bridgehead atoms. The van der Waals surface area contributed by atoms with Crippen LogP contribution in [0.25, 0.3) is 0 Å². The van der Waals surface area contributed by atoms with E-state index >= 15 is 0 Å². The Balaban J connectivity index is 0.00000341. The predicted molar refractivity (Wildman–Crippen MR) is 137 cm³/mol. The van der Waals surface area contributed by atoms with Gasteiger partial charge in [-0.2, -0.15) is 0 Å². The van der Waals surface area contributed by atoms with E-state index in [1.54, 1.807) is 0 Å². The molecule has 1 atom stereocenters. The summed E-state index contributed by atoms with van der Waals surface area (Å²) in [6.07, 6.45) is 7.52. The van der Waals surface area contributed by atoms with Crippen molar-refractivity contribution in [3.05, 3.63) is 29.8 Å². The maximum atomic E-state index is 11.7. The monoisotopic (exact) mass is 564 g/mol. The van der Waals surface area contributed by atoms with Crippen LogP contribution in [-0.4, -0.2) is 56.7 Å². The average Bonchev–Trinajstić information content (AvgIpc) is 3.14. The third kappa shape index (κ3) is 6.95. The molecule has 1 aromatic carbocycles. The Hall–Kier alpha value is -1.07. The van der Waals surface area contributed by atoms with Gasteiger partial charge in [-0.1, -0.05) is 25.1 Å². The molecule has 2 aliphatic rings. The van der Waals surface area contributed by atoms with Crippen LogP contribution in [-0.2, 0) is 10.0 Å². The first-order valence-corrected chi connectivity index (χ1v) is 13.0. The molecule has 1 unspecified atom stereocenters. The number of halogens is 1. The Morgan fingerprint density at radius 2 is 1.97 bits per heavy atom. The van der Waals surface area contributed by atoms with Gasteiger partial charge in [0.25, 0.3) is 0 Å². The van der Waals surface area contributed by atoms with E-state index in [9.17, 15) is 8.42 Å². The van der Waals surface area contributed by atoms with E-state index in [-0.39, 0.29) is 35.6 Å². The maximum Gasteiger partial charge on any atom is 0.211 e. The topological polar surface area (TPSA) is 83.0 Å². The van der Waals surface area contributed by atoms with Gasteiger partial charge in [-0.25, -0.2) is 12.7 Å². The lowest BCUT2D eigenvalue weighted by atomic mass is 9.86. The van der Waals surface area contributed by atoms with Gasteiger partial charge in [0.05, 0.1) is 12.3 Å². The second kappa shape index (κ2) is 11.7. The number of rotatable bonds is 8. The van der Waals surface area contributed by atoms with Crippen LogP contribution in [0.5, 0.6) is 5.75 Å². The van der Waals surface area contributed by atoms with E-state index in [0.29, 0.717) is 26.1 Å². The summed E-state index contributed by atoms with van der Waals surface area (Å²) in [6.45, 7) is 6.22. The minimum Gasteiger partial charge on any atom is -0.487 e. The SMILES string of the molecule is CCNC(=NCCCN(CC)S(C)(=O)=O)NC1CC2(CCCC2)Oc2ccccc21.I. The van der Waals surface area contributed by atoms with E-state index in [4.69, 9.17) is 9.73 Å². The number of hydrogen-bond acceptors (Lipinski definition) is 4. The Morgan fingerprint density at radius 1 is 1.26 bits per heavy atom. The number of hydrogen-bond donors (Lipinski definition) is 2. The molecule has 0 amide bonds. The molecular formula is C22H37IN4O3S. The fourth-order valence-electron chi connectivity index (χ4n) is 4.55. The van der Waals surface area contributed by atoms with Gasteiger partial charge in [-0.15, -0.1) is 24.0 Å². The van der Waals surface area contributed by atoms with Crippen molar-refractivity contribution in [1.82, 2.24) is 14.9 Å². The minimum absolute atomic E-state index is 0. The van der Waals surface area contributed by atoms with Crippen molar-refractivity contribution in [3.8, 4) is 5.75 Å². The van der Waals surface area contributed by atoms with Gasteiger partial charge in [-0.3, -0.25) is 4.99 Å². The van der Waals surface area contributed by atoms with Crippen LogP contribution >= 0.6 is 24.0 Å². The molecule has 176 valence electrons. The first kappa shape index (κ1) is 26.2. The van der Waals surface area contributed by atoms with E-state index in [0.717, 1.165) is 37.5 Å². The van der Waals surface area contributed by atoms with Gasteiger partial charge in [0.2, 0.25) is 10.0 Å². The first-order chi connectivity index (χ1) is 14.4. The lowest BCUT2D eigenvalue weighted by Crippen LogP contribution is -2.46.